The van der Waals surface area contributed by atoms with Crippen molar-refractivity contribution in [1.82, 2.24) is 14.8 Å². The summed E-state index contributed by atoms with van der Waals surface area (Å²) in [5.74, 6) is -1.61. The molecule has 2 aromatic heterocycles. The molecule has 0 radical (unpaired) electrons. The van der Waals surface area contributed by atoms with Gasteiger partial charge in [-0.15, -0.1) is 0 Å². The third-order valence-corrected chi connectivity index (χ3v) is 6.48. The average Bonchev–Trinajstić information content (AvgIpc) is 3.31. The first-order chi connectivity index (χ1) is 15.8. The summed E-state index contributed by atoms with van der Waals surface area (Å²) in [5, 5.41) is 7.04. The summed E-state index contributed by atoms with van der Waals surface area (Å²) in [4.78, 5) is 19.0. The largest absolute Gasteiger partial charge is 0.389 e. The molecule has 0 aliphatic carbocycles. The molecule has 3 aromatic rings. The van der Waals surface area contributed by atoms with E-state index in [9.17, 15) is 18.0 Å². The van der Waals surface area contributed by atoms with Crippen LogP contribution in [0.5, 0.6) is 0 Å². The lowest BCUT2D eigenvalue weighted by Crippen LogP contribution is -2.31. The van der Waals surface area contributed by atoms with Crippen LogP contribution in [0.2, 0.25) is 0 Å². The van der Waals surface area contributed by atoms with Crippen LogP contribution in [0.4, 0.5) is 29.7 Å². The molecular weight excluding hydrogens is 455 g/mol. The minimum absolute atomic E-state index is 0.0237. The lowest BCUT2D eigenvalue weighted by Gasteiger charge is -2.24. The van der Waals surface area contributed by atoms with Crippen molar-refractivity contribution in [3.63, 3.8) is 0 Å². The van der Waals surface area contributed by atoms with E-state index in [-0.39, 0.29) is 27.7 Å². The number of amides is 1. The van der Waals surface area contributed by atoms with Crippen LogP contribution in [0, 0.1) is 11.6 Å². The number of nitrogen functional groups attached to an aromatic ring is 1. The molecule has 33 heavy (non-hydrogen) atoms. The molecule has 176 valence electrons. The lowest BCUT2D eigenvalue weighted by atomic mass is 10.1. The number of aryl methyl sites for hydroxylation is 1. The van der Waals surface area contributed by atoms with E-state index in [4.69, 9.17) is 11.5 Å². The maximum atomic E-state index is 14.1. The molecule has 8 nitrogen and oxygen atoms in total. The van der Waals surface area contributed by atoms with Gasteiger partial charge >= 0.3 is 0 Å². The predicted molar refractivity (Wildman–Crippen MR) is 122 cm³/mol. The smallest absolute Gasteiger partial charge is 0.277 e. The van der Waals surface area contributed by atoms with Crippen molar-refractivity contribution in [1.29, 1.82) is 0 Å². The molecule has 0 bridgehead atoms. The number of carbonyl (C=O) groups excluding carboxylic acids is 1. The number of thiazole rings is 1. The zero-order valence-electron chi connectivity index (χ0n) is 17.9. The Hall–Kier alpha value is -3.12. The van der Waals surface area contributed by atoms with E-state index in [1.807, 2.05) is 11.8 Å². The molecule has 1 aliphatic rings. The van der Waals surface area contributed by atoms with Crippen molar-refractivity contribution in [2.45, 2.75) is 38.5 Å². The maximum absolute atomic E-state index is 14.1. The lowest BCUT2D eigenvalue weighted by molar-refractivity contribution is 0.102. The second-order valence-corrected chi connectivity index (χ2v) is 8.76. The highest BCUT2D eigenvalue weighted by molar-refractivity contribution is 7.19. The number of carbonyl (C=O) groups is 1. The molecule has 0 spiro atoms. The van der Waals surface area contributed by atoms with Crippen LogP contribution in [-0.4, -0.2) is 46.0 Å². The van der Waals surface area contributed by atoms with Crippen molar-refractivity contribution in [2.75, 3.05) is 29.0 Å². The van der Waals surface area contributed by atoms with E-state index in [0.29, 0.717) is 37.6 Å². The van der Waals surface area contributed by atoms with Crippen LogP contribution in [0.1, 0.15) is 30.3 Å². The van der Waals surface area contributed by atoms with Gasteiger partial charge in [-0.2, -0.15) is 5.10 Å². The Morgan fingerprint density at radius 1 is 1.27 bits per heavy atom. The number of nitrogens with two attached hydrogens (primary N) is 2. The summed E-state index contributed by atoms with van der Waals surface area (Å²) in [6.07, 6.45) is 1.12. The molecule has 1 fully saturated rings. The Morgan fingerprint density at radius 3 is 2.67 bits per heavy atom. The van der Waals surface area contributed by atoms with E-state index in [1.54, 1.807) is 4.68 Å². The number of aromatic nitrogens is 3. The number of alkyl halides is 1. The molecule has 1 aromatic carbocycles. The van der Waals surface area contributed by atoms with E-state index >= 15 is 0 Å². The fraction of sp³-hybridized carbons (Fsp3) is 0.381. The first kappa shape index (κ1) is 23.1. The van der Waals surface area contributed by atoms with Gasteiger partial charge in [0.2, 0.25) is 0 Å². The van der Waals surface area contributed by atoms with Gasteiger partial charge in [0.25, 0.3) is 5.91 Å². The van der Waals surface area contributed by atoms with Crippen LogP contribution >= 0.6 is 11.3 Å². The van der Waals surface area contributed by atoms with Gasteiger partial charge in [0.05, 0.1) is 11.8 Å². The van der Waals surface area contributed by atoms with Gasteiger partial charge in [-0.25, -0.2) is 22.8 Å². The topological polar surface area (TPSA) is 115 Å². The Balaban J connectivity index is 1.61. The molecular formula is C21H24F3N7OS. The number of halogens is 3. The van der Waals surface area contributed by atoms with Crippen molar-refractivity contribution in [3.05, 3.63) is 41.7 Å². The van der Waals surface area contributed by atoms with Crippen LogP contribution in [0.25, 0.3) is 10.6 Å². The molecule has 1 saturated heterocycles. The minimum atomic E-state index is -1.10. The van der Waals surface area contributed by atoms with Gasteiger partial charge in [-0.3, -0.25) is 4.79 Å². The molecule has 4 rings (SSSR count). The van der Waals surface area contributed by atoms with E-state index in [0.717, 1.165) is 23.5 Å². The summed E-state index contributed by atoms with van der Waals surface area (Å²) in [5.41, 5.74) is 11.8. The fourth-order valence-electron chi connectivity index (χ4n) is 3.82. The second kappa shape index (κ2) is 9.40. The Labute approximate surface area is 192 Å². The van der Waals surface area contributed by atoms with Gasteiger partial charge in [-0.1, -0.05) is 17.4 Å². The summed E-state index contributed by atoms with van der Waals surface area (Å²) in [7, 11) is 0. The van der Waals surface area contributed by atoms with Crippen LogP contribution in [0.3, 0.4) is 0 Å². The second-order valence-electron chi connectivity index (χ2n) is 7.72. The molecule has 1 aliphatic heterocycles. The minimum Gasteiger partial charge on any atom is -0.389 e. The number of rotatable bonds is 5. The molecule has 12 heteroatoms. The quantitative estimate of drug-likeness (QED) is 0.517. The van der Waals surface area contributed by atoms with Crippen molar-refractivity contribution < 1.29 is 18.0 Å². The summed E-state index contributed by atoms with van der Waals surface area (Å²) in [6, 6.07) is 2.91. The Kier molecular flexibility index (Phi) is 6.56. The van der Waals surface area contributed by atoms with Crippen molar-refractivity contribution in [2.24, 2.45) is 5.73 Å². The summed E-state index contributed by atoms with van der Waals surface area (Å²) in [6.45, 7) is 3.35. The molecule has 1 amide bonds. The SMILES string of the molecule is CCn1ncc(NC(=O)c2nc(-c3c(F)cccc3F)sc2N)c1N1CCC(N)C(F)CC1. The molecule has 0 saturated carbocycles. The van der Waals surface area contributed by atoms with Gasteiger partial charge in [-0.05, 0) is 31.9 Å². The molecule has 2 unspecified atom stereocenters. The normalized spacial score (nSPS) is 18.9. The number of nitrogens with zero attached hydrogens (tertiary/aromatic N) is 4. The zero-order chi connectivity index (χ0) is 23.7. The highest BCUT2D eigenvalue weighted by Crippen LogP contribution is 2.35. The van der Waals surface area contributed by atoms with E-state index < -0.39 is 29.8 Å². The Bertz CT molecular complexity index is 1130. The molecule has 5 N–H and O–H groups in total. The highest BCUT2D eigenvalue weighted by Gasteiger charge is 2.28. The average molecular weight is 480 g/mol. The first-order valence-electron chi connectivity index (χ1n) is 10.5. The number of benzene rings is 1. The highest BCUT2D eigenvalue weighted by atomic mass is 32.1. The van der Waals surface area contributed by atoms with Gasteiger partial charge in [0.15, 0.2) is 11.5 Å². The number of hydrogen-bond donors (Lipinski definition) is 3. The fourth-order valence-corrected chi connectivity index (χ4v) is 4.70. The van der Waals surface area contributed by atoms with Crippen molar-refractivity contribution >= 4 is 33.8 Å². The first-order valence-corrected chi connectivity index (χ1v) is 11.3. The number of hydrogen-bond acceptors (Lipinski definition) is 7. The van der Waals surface area contributed by atoms with Crippen molar-refractivity contribution in [3.8, 4) is 10.6 Å². The van der Waals surface area contributed by atoms with Crippen LogP contribution in [-0.2, 0) is 6.54 Å². The monoisotopic (exact) mass is 479 g/mol. The summed E-state index contributed by atoms with van der Waals surface area (Å²) < 4.78 is 44.1. The predicted octanol–water partition coefficient (Wildman–Crippen LogP) is 3.40. The van der Waals surface area contributed by atoms with E-state index in [2.05, 4.69) is 15.4 Å². The van der Waals surface area contributed by atoms with Gasteiger partial charge in [0, 0.05) is 25.7 Å². The number of nitrogens with one attached hydrogen (secondary N) is 1. The molecule has 2 atom stereocenters. The molecule has 3 heterocycles. The van der Waals surface area contributed by atoms with E-state index in [1.165, 1.54) is 12.3 Å². The van der Waals surface area contributed by atoms with Gasteiger partial charge in [0.1, 0.15) is 33.5 Å². The standard InChI is InChI=1S/C21H24F3N7OS/c1-2-31-21(30-8-6-11(22)14(25)7-9-30)15(10-27-31)28-19(32)17-18(26)33-20(29-17)16-12(23)4-3-5-13(16)24/h3-5,10-11,14H,2,6-9,25-26H2,1H3,(H,28,32). The number of anilines is 3. The summed E-state index contributed by atoms with van der Waals surface area (Å²) >= 11 is 0.819. The third kappa shape index (κ3) is 4.53. The zero-order valence-corrected chi connectivity index (χ0v) is 18.7. The van der Waals surface area contributed by atoms with Crippen LogP contribution < -0.4 is 21.7 Å². The Morgan fingerprint density at radius 2 is 1.97 bits per heavy atom. The van der Waals surface area contributed by atoms with Crippen LogP contribution in [0.15, 0.2) is 24.4 Å². The van der Waals surface area contributed by atoms with Gasteiger partial charge < -0.3 is 21.7 Å². The third-order valence-electron chi connectivity index (χ3n) is 5.58. The maximum Gasteiger partial charge on any atom is 0.277 e.